The molecule has 0 saturated heterocycles. The number of nitrogen functional groups attached to an aromatic ring is 2. The van der Waals surface area contributed by atoms with Gasteiger partial charge in [-0.15, -0.1) is 10.2 Å². The molecule has 0 unspecified atom stereocenters. The number of carboxylic acid groups (broad SMARTS) is 2. The lowest BCUT2D eigenvalue weighted by Crippen LogP contribution is -2.01. The Hall–Kier alpha value is -3.42. The van der Waals surface area contributed by atoms with E-state index in [1.54, 1.807) is 12.1 Å². The summed E-state index contributed by atoms with van der Waals surface area (Å²) in [5, 5.41) is 25.8. The van der Waals surface area contributed by atoms with Crippen molar-refractivity contribution in [3.05, 3.63) is 47.5 Å². The summed E-state index contributed by atoms with van der Waals surface area (Å²) in [6, 6.07) is 8.50. The van der Waals surface area contributed by atoms with Gasteiger partial charge in [-0.3, -0.25) is 0 Å². The molecule has 2 rings (SSSR count). The third kappa shape index (κ3) is 3.01. The average Bonchev–Trinajstić information content (AvgIpc) is 2.45. The van der Waals surface area contributed by atoms with E-state index >= 15 is 0 Å². The van der Waals surface area contributed by atoms with Gasteiger partial charge in [-0.2, -0.15) is 0 Å². The Bertz CT molecular complexity index is 786. The molecule has 0 aliphatic rings. The molecule has 0 aliphatic heterocycles. The number of aromatic carboxylic acids is 2. The molecule has 0 atom stereocenters. The van der Waals surface area contributed by atoms with Crippen molar-refractivity contribution in [3.8, 4) is 0 Å². The number of hydrogen-bond acceptors (Lipinski definition) is 6. The number of azo groups is 1. The Morgan fingerprint density at radius 1 is 0.909 bits per heavy atom. The maximum Gasteiger partial charge on any atom is 0.338 e. The number of benzene rings is 2. The van der Waals surface area contributed by atoms with Gasteiger partial charge in [0.25, 0.3) is 0 Å². The highest BCUT2D eigenvalue weighted by Gasteiger charge is 2.15. The van der Waals surface area contributed by atoms with E-state index in [-0.39, 0.29) is 33.9 Å². The van der Waals surface area contributed by atoms with Crippen LogP contribution in [0.3, 0.4) is 0 Å². The Morgan fingerprint density at radius 3 is 2.18 bits per heavy atom. The maximum atomic E-state index is 11.2. The Balaban J connectivity index is 2.52. The molecule has 8 nitrogen and oxygen atoms in total. The number of hydrogen-bond donors (Lipinski definition) is 4. The van der Waals surface area contributed by atoms with Gasteiger partial charge < -0.3 is 21.7 Å². The zero-order chi connectivity index (χ0) is 16.3. The summed E-state index contributed by atoms with van der Waals surface area (Å²) in [7, 11) is 0. The zero-order valence-electron chi connectivity index (χ0n) is 11.2. The van der Waals surface area contributed by atoms with E-state index in [0.29, 0.717) is 0 Å². The molecule has 2 aromatic rings. The third-order valence-electron chi connectivity index (χ3n) is 2.78. The molecular formula is C14H12N4O4. The van der Waals surface area contributed by atoms with Crippen LogP contribution in [0.2, 0.25) is 0 Å². The largest absolute Gasteiger partial charge is 0.478 e. The van der Waals surface area contributed by atoms with E-state index in [0.717, 1.165) is 0 Å². The highest BCUT2D eigenvalue weighted by atomic mass is 16.4. The maximum absolute atomic E-state index is 11.2. The van der Waals surface area contributed by atoms with Crippen LogP contribution in [0.25, 0.3) is 0 Å². The number of carbonyl (C=O) groups is 2. The van der Waals surface area contributed by atoms with Crippen LogP contribution >= 0.6 is 0 Å². The second kappa shape index (κ2) is 5.92. The van der Waals surface area contributed by atoms with E-state index in [9.17, 15) is 9.59 Å². The number of nitrogens with two attached hydrogens (primary N) is 2. The summed E-state index contributed by atoms with van der Waals surface area (Å²) in [4.78, 5) is 22.3. The summed E-state index contributed by atoms with van der Waals surface area (Å²) in [6.07, 6.45) is 0. The molecule has 0 radical (unpaired) electrons. The van der Waals surface area contributed by atoms with Crippen molar-refractivity contribution >= 4 is 34.7 Å². The first-order chi connectivity index (χ1) is 10.4. The second-order valence-corrected chi connectivity index (χ2v) is 4.33. The molecule has 0 bridgehead atoms. The van der Waals surface area contributed by atoms with Crippen molar-refractivity contribution < 1.29 is 19.8 Å². The first-order valence-corrected chi connectivity index (χ1v) is 6.06. The molecule has 0 spiro atoms. The summed E-state index contributed by atoms with van der Waals surface area (Å²) in [6.45, 7) is 0. The summed E-state index contributed by atoms with van der Waals surface area (Å²) in [5.74, 6) is -2.43. The van der Waals surface area contributed by atoms with Crippen LogP contribution in [0, 0.1) is 0 Å². The predicted molar refractivity (Wildman–Crippen MR) is 79.8 cm³/mol. The van der Waals surface area contributed by atoms with Crippen molar-refractivity contribution in [3.63, 3.8) is 0 Å². The molecule has 0 fully saturated rings. The average molecular weight is 300 g/mol. The van der Waals surface area contributed by atoms with E-state index in [1.807, 2.05) is 0 Å². The van der Waals surface area contributed by atoms with Gasteiger partial charge in [0.1, 0.15) is 11.4 Å². The molecule has 8 heteroatoms. The molecule has 2 aromatic carbocycles. The Labute approximate surface area is 124 Å². The molecule has 6 N–H and O–H groups in total. The SMILES string of the molecule is Nc1cc(N)c(N=Nc2ccccc2C(=O)O)c(C(=O)O)c1. The monoisotopic (exact) mass is 300 g/mol. The standard InChI is InChI=1S/C14H12N4O4/c15-7-5-9(14(21)22)12(10(16)6-7)18-17-11-4-2-1-3-8(11)13(19)20/h1-6H,15-16H2,(H,19,20)(H,21,22). The fraction of sp³-hybridized carbons (Fsp3) is 0. The van der Waals surface area contributed by atoms with Crippen LogP contribution < -0.4 is 11.5 Å². The Kier molecular flexibility index (Phi) is 4.03. The van der Waals surface area contributed by atoms with Gasteiger partial charge in [-0.1, -0.05) is 12.1 Å². The lowest BCUT2D eigenvalue weighted by atomic mass is 10.1. The van der Waals surface area contributed by atoms with Gasteiger partial charge >= 0.3 is 11.9 Å². The molecule has 0 aromatic heterocycles. The van der Waals surface area contributed by atoms with Crippen molar-refractivity contribution in [1.82, 2.24) is 0 Å². The third-order valence-corrected chi connectivity index (χ3v) is 2.78. The first-order valence-electron chi connectivity index (χ1n) is 6.06. The van der Waals surface area contributed by atoms with Gasteiger partial charge in [0, 0.05) is 5.69 Å². The van der Waals surface area contributed by atoms with Crippen molar-refractivity contribution in [1.29, 1.82) is 0 Å². The normalized spacial score (nSPS) is 10.7. The first kappa shape index (κ1) is 15.0. The minimum Gasteiger partial charge on any atom is -0.478 e. The van der Waals surface area contributed by atoms with E-state index in [1.165, 1.54) is 24.3 Å². The van der Waals surface area contributed by atoms with Crippen molar-refractivity contribution in [2.45, 2.75) is 0 Å². The van der Waals surface area contributed by atoms with E-state index in [2.05, 4.69) is 10.2 Å². The number of rotatable bonds is 4. The van der Waals surface area contributed by atoms with Crippen LogP contribution in [-0.2, 0) is 0 Å². The minimum atomic E-state index is -1.26. The molecule has 0 amide bonds. The van der Waals surface area contributed by atoms with E-state index in [4.69, 9.17) is 21.7 Å². The topological polar surface area (TPSA) is 151 Å². The number of anilines is 2. The van der Waals surface area contributed by atoms with Crippen LogP contribution in [0.4, 0.5) is 22.7 Å². The molecule has 0 saturated carbocycles. The van der Waals surface area contributed by atoms with Crippen molar-refractivity contribution in [2.75, 3.05) is 11.5 Å². The quantitative estimate of drug-likeness (QED) is 0.503. The van der Waals surface area contributed by atoms with Crippen molar-refractivity contribution in [2.24, 2.45) is 10.2 Å². The lowest BCUT2D eigenvalue weighted by Gasteiger charge is -2.06. The van der Waals surface area contributed by atoms with Gasteiger partial charge in [0.2, 0.25) is 0 Å². The number of nitrogens with zero attached hydrogens (tertiary/aromatic N) is 2. The van der Waals surface area contributed by atoms with E-state index < -0.39 is 11.9 Å². The van der Waals surface area contributed by atoms with Crippen LogP contribution in [-0.4, -0.2) is 22.2 Å². The summed E-state index contributed by atoms with van der Waals surface area (Å²) >= 11 is 0. The summed E-state index contributed by atoms with van der Waals surface area (Å²) in [5.41, 5.74) is 11.2. The molecular weight excluding hydrogens is 288 g/mol. The fourth-order valence-corrected chi connectivity index (χ4v) is 1.80. The second-order valence-electron chi connectivity index (χ2n) is 4.33. The molecule has 0 aliphatic carbocycles. The number of carboxylic acids is 2. The van der Waals surface area contributed by atoms with Gasteiger partial charge in [-0.25, -0.2) is 9.59 Å². The van der Waals surface area contributed by atoms with Crippen LogP contribution in [0.5, 0.6) is 0 Å². The highest BCUT2D eigenvalue weighted by Crippen LogP contribution is 2.32. The predicted octanol–water partition coefficient (Wildman–Crippen LogP) is 2.66. The Morgan fingerprint density at radius 2 is 1.55 bits per heavy atom. The smallest absolute Gasteiger partial charge is 0.338 e. The molecule has 22 heavy (non-hydrogen) atoms. The van der Waals surface area contributed by atoms with Gasteiger partial charge in [0.15, 0.2) is 0 Å². The lowest BCUT2D eigenvalue weighted by molar-refractivity contribution is 0.0686. The van der Waals surface area contributed by atoms with Crippen LogP contribution in [0.15, 0.2) is 46.6 Å². The minimum absolute atomic E-state index is 0.0361. The zero-order valence-corrected chi connectivity index (χ0v) is 11.2. The van der Waals surface area contributed by atoms with Gasteiger partial charge in [0.05, 0.1) is 16.8 Å². The molecule has 0 heterocycles. The highest BCUT2D eigenvalue weighted by molar-refractivity contribution is 5.98. The fourth-order valence-electron chi connectivity index (χ4n) is 1.80. The van der Waals surface area contributed by atoms with Gasteiger partial charge in [-0.05, 0) is 24.3 Å². The van der Waals surface area contributed by atoms with Crippen LogP contribution in [0.1, 0.15) is 20.7 Å². The molecule has 112 valence electrons. The summed E-state index contributed by atoms with van der Waals surface area (Å²) < 4.78 is 0.